The maximum absolute atomic E-state index is 9.61. The number of halogens is 1. The van der Waals surface area contributed by atoms with E-state index in [2.05, 4.69) is 40.1 Å². The Morgan fingerprint density at radius 3 is 2.80 bits per heavy atom. The van der Waals surface area contributed by atoms with Crippen LogP contribution in [-0.4, -0.2) is 22.2 Å². The molecule has 2 unspecified atom stereocenters. The van der Waals surface area contributed by atoms with E-state index in [4.69, 9.17) is 0 Å². The summed E-state index contributed by atoms with van der Waals surface area (Å²) in [6, 6.07) is 2.32. The van der Waals surface area contributed by atoms with Crippen molar-refractivity contribution < 1.29 is 5.11 Å². The Kier molecular flexibility index (Phi) is 2.73. The molecule has 1 aliphatic carbocycles. The van der Waals surface area contributed by atoms with Gasteiger partial charge in [-0.3, -0.25) is 4.98 Å². The standard InChI is InChI=1S/C11H15BrN2O/c1-11(2)9(4-10(11)15)14-8-3-7(12)5-13-6-8/h3,5-6,9-10,14-15H,4H2,1-2H3. The second-order valence-corrected chi connectivity index (χ2v) is 5.58. The van der Waals surface area contributed by atoms with Crippen molar-refractivity contribution in [1.82, 2.24) is 4.98 Å². The number of aliphatic hydroxyl groups excluding tert-OH is 1. The van der Waals surface area contributed by atoms with Crippen LogP contribution in [0.3, 0.4) is 0 Å². The Morgan fingerprint density at radius 1 is 1.53 bits per heavy atom. The highest BCUT2D eigenvalue weighted by atomic mass is 79.9. The lowest BCUT2D eigenvalue weighted by atomic mass is 9.64. The SMILES string of the molecule is CC1(C)C(O)CC1Nc1cncc(Br)c1. The maximum Gasteiger partial charge on any atom is 0.0630 e. The van der Waals surface area contributed by atoms with E-state index in [1.165, 1.54) is 0 Å². The molecule has 0 radical (unpaired) electrons. The Balaban J connectivity index is 2.05. The van der Waals surface area contributed by atoms with Gasteiger partial charge in [0.1, 0.15) is 0 Å². The molecule has 1 aromatic rings. The number of hydrogen-bond acceptors (Lipinski definition) is 3. The lowest BCUT2D eigenvalue weighted by Gasteiger charge is -2.49. The molecule has 4 heteroatoms. The molecule has 0 amide bonds. The number of hydrogen-bond donors (Lipinski definition) is 2. The highest BCUT2D eigenvalue weighted by molar-refractivity contribution is 9.10. The van der Waals surface area contributed by atoms with Crippen LogP contribution in [0.2, 0.25) is 0 Å². The molecule has 2 atom stereocenters. The minimum atomic E-state index is -0.199. The van der Waals surface area contributed by atoms with Crippen molar-refractivity contribution in [2.45, 2.75) is 32.4 Å². The topological polar surface area (TPSA) is 45.1 Å². The first-order valence-corrected chi connectivity index (χ1v) is 5.84. The van der Waals surface area contributed by atoms with Crippen molar-refractivity contribution in [3.8, 4) is 0 Å². The molecular weight excluding hydrogens is 256 g/mol. The molecule has 82 valence electrons. The number of anilines is 1. The van der Waals surface area contributed by atoms with Gasteiger partial charge >= 0.3 is 0 Å². The van der Waals surface area contributed by atoms with Crippen molar-refractivity contribution in [3.05, 3.63) is 22.9 Å². The van der Waals surface area contributed by atoms with Crippen molar-refractivity contribution in [2.24, 2.45) is 5.41 Å². The van der Waals surface area contributed by atoms with Gasteiger partial charge in [0.05, 0.1) is 18.0 Å². The summed E-state index contributed by atoms with van der Waals surface area (Å²) in [6.07, 6.45) is 4.16. The number of aromatic nitrogens is 1. The smallest absolute Gasteiger partial charge is 0.0630 e. The van der Waals surface area contributed by atoms with Crippen LogP contribution in [0.1, 0.15) is 20.3 Å². The highest BCUT2D eigenvalue weighted by Crippen LogP contribution is 2.42. The van der Waals surface area contributed by atoms with E-state index in [0.29, 0.717) is 6.04 Å². The van der Waals surface area contributed by atoms with E-state index < -0.39 is 0 Å². The molecule has 2 rings (SSSR count). The second kappa shape index (κ2) is 3.76. The zero-order valence-corrected chi connectivity index (χ0v) is 10.5. The summed E-state index contributed by atoms with van der Waals surface area (Å²) < 4.78 is 0.963. The summed E-state index contributed by atoms with van der Waals surface area (Å²) in [5.74, 6) is 0. The number of pyridine rings is 1. The number of nitrogens with zero attached hydrogens (tertiary/aromatic N) is 1. The molecule has 0 bridgehead atoms. The van der Waals surface area contributed by atoms with Crippen LogP contribution in [0.15, 0.2) is 22.9 Å². The molecule has 0 spiro atoms. The third kappa shape index (κ3) is 2.01. The van der Waals surface area contributed by atoms with Crippen molar-refractivity contribution in [2.75, 3.05) is 5.32 Å². The van der Waals surface area contributed by atoms with E-state index in [9.17, 15) is 5.11 Å². The lowest BCUT2D eigenvalue weighted by Crippen LogP contribution is -2.56. The van der Waals surface area contributed by atoms with Gasteiger partial charge in [-0.25, -0.2) is 0 Å². The van der Waals surface area contributed by atoms with Gasteiger partial charge in [0.25, 0.3) is 0 Å². The zero-order chi connectivity index (χ0) is 11.1. The molecule has 0 aromatic carbocycles. The molecule has 1 heterocycles. The van der Waals surface area contributed by atoms with E-state index >= 15 is 0 Å². The highest BCUT2D eigenvalue weighted by Gasteiger charge is 2.47. The third-order valence-corrected chi connectivity index (χ3v) is 3.70. The third-order valence-electron chi connectivity index (χ3n) is 3.26. The van der Waals surface area contributed by atoms with Crippen molar-refractivity contribution in [3.63, 3.8) is 0 Å². The molecule has 1 aliphatic rings. The van der Waals surface area contributed by atoms with Gasteiger partial charge in [-0.2, -0.15) is 0 Å². The fourth-order valence-corrected chi connectivity index (χ4v) is 2.20. The lowest BCUT2D eigenvalue weighted by molar-refractivity contribution is -0.0510. The van der Waals surface area contributed by atoms with E-state index in [0.717, 1.165) is 16.6 Å². The van der Waals surface area contributed by atoms with Crippen LogP contribution in [0.4, 0.5) is 5.69 Å². The Hall–Kier alpha value is -0.610. The van der Waals surface area contributed by atoms with E-state index in [-0.39, 0.29) is 11.5 Å². The Labute approximate surface area is 98.0 Å². The summed E-state index contributed by atoms with van der Waals surface area (Å²) in [5.41, 5.74) is 0.942. The predicted molar refractivity (Wildman–Crippen MR) is 63.8 cm³/mol. The summed E-state index contributed by atoms with van der Waals surface area (Å²) in [6.45, 7) is 4.15. The minimum absolute atomic E-state index is 0.0533. The number of nitrogens with one attached hydrogen (secondary N) is 1. The van der Waals surface area contributed by atoms with Gasteiger partial charge in [0, 0.05) is 22.1 Å². The Morgan fingerprint density at radius 2 is 2.27 bits per heavy atom. The summed E-state index contributed by atoms with van der Waals surface area (Å²) in [5, 5.41) is 13.0. The minimum Gasteiger partial charge on any atom is -0.392 e. The van der Waals surface area contributed by atoms with Gasteiger partial charge in [-0.05, 0) is 28.4 Å². The predicted octanol–water partition coefficient (Wildman–Crippen LogP) is 2.42. The number of rotatable bonds is 2. The van der Waals surface area contributed by atoms with E-state index in [1.807, 2.05) is 6.07 Å². The van der Waals surface area contributed by atoms with Gasteiger partial charge in [-0.1, -0.05) is 13.8 Å². The van der Waals surface area contributed by atoms with Crippen molar-refractivity contribution >= 4 is 21.6 Å². The largest absolute Gasteiger partial charge is 0.392 e. The average Bonchev–Trinajstić information content (AvgIpc) is 2.17. The summed E-state index contributed by atoms with van der Waals surface area (Å²) >= 11 is 3.38. The summed E-state index contributed by atoms with van der Waals surface area (Å²) in [4.78, 5) is 4.09. The zero-order valence-electron chi connectivity index (χ0n) is 8.87. The number of aliphatic hydroxyl groups is 1. The first-order chi connectivity index (χ1) is 7.00. The van der Waals surface area contributed by atoms with Crippen LogP contribution in [-0.2, 0) is 0 Å². The quantitative estimate of drug-likeness (QED) is 0.868. The molecule has 0 aliphatic heterocycles. The van der Waals surface area contributed by atoms with Crippen molar-refractivity contribution in [1.29, 1.82) is 0 Å². The second-order valence-electron chi connectivity index (χ2n) is 4.66. The van der Waals surface area contributed by atoms with Crippen LogP contribution < -0.4 is 5.32 Å². The maximum atomic E-state index is 9.61. The normalized spacial score (nSPS) is 28.3. The molecule has 0 saturated heterocycles. The fourth-order valence-electron chi connectivity index (χ4n) is 1.84. The molecule has 1 fully saturated rings. The van der Waals surface area contributed by atoms with Gasteiger partial charge in [0.2, 0.25) is 0 Å². The van der Waals surface area contributed by atoms with E-state index in [1.54, 1.807) is 12.4 Å². The molecule has 2 N–H and O–H groups in total. The molecular formula is C11H15BrN2O. The first-order valence-electron chi connectivity index (χ1n) is 5.05. The monoisotopic (exact) mass is 270 g/mol. The van der Waals surface area contributed by atoms with Gasteiger partial charge < -0.3 is 10.4 Å². The molecule has 1 aromatic heterocycles. The fraction of sp³-hybridized carbons (Fsp3) is 0.545. The van der Waals surface area contributed by atoms with Gasteiger partial charge in [0.15, 0.2) is 0 Å². The Bertz CT molecular complexity index is 367. The van der Waals surface area contributed by atoms with Crippen LogP contribution in [0, 0.1) is 5.41 Å². The first kappa shape index (κ1) is 10.9. The van der Waals surface area contributed by atoms with Crippen LogP contribution in [0.25, 0.3) is 0 Å². The van der Waals surface area contributed by atoms with Crippen LogP contribution >= 0.6 is 15.9 Å². The van der Waals surface area contributed by atoms with Crippen LogP contribution in [0.5, 0.6) is 0 Å². The average molecular weight is 271 g/mol. The molecule has 1 saturated carbocycles. The summed E-state index contributed by atoms with van der Waals surface area (Å²) in [7, 11) is 0. The van der Waals surface area contributed by atoms with Gasteiger partial charge in [-0.15, -0.1) is 0 Å². The molecule has 15 heavy (non-hydrogen) atoms. The molecule has 3 nitrogen and oxygen atoms in total.